The summed E-state index contributed by atoms with van der Waals surface area (Å²) in [5.74, 6) is 1.09. The van der Waals surface area contributed by atoms with E-state index in [9.17, 15) is 4.79 Å². The van der Waals surface area contributed by atoms with Crippen LogP contribution in [0.25, 0.3) is 27.5 Å². The van der Waals surface area contributed by atoms with Crippen molar-refractivity contribution < 1.29 is 19.0 Å². The Bertz CT molecular complexity index is 1900. The van der Waals surface area contributed by atoms with Crippen LogP contribution < -0.4 is 4.90 Å². The molecule has 300 valence electrons. The second kappa shape index (κ2) is 17.0. The Morgan fingerprint density at radius 1 is 0.945 bits per heavy atom. The summed E-state index contributed by atoms with van der Waals surface area (Å²) in [6, 6.07) is 6.50. The smallest absolute Gasteiger partial charge is 0.410 e. The van der Waals surface area contributed by atoms with Gasteiger partial charge in [-0.05, 0) is 77.8 Å². The van der Waals surface area contributed by atoms with Crippen LogP contribution in [-0.4, -0.2) is 102 Å². The van der Waals surface area contributed by atoms with Gasteiger partial charge in [0.2, 0.25) is 0 Å². The summed E-state index contributed by atoms with van der Waals surface area (Å²) in [7, 11) is -2.59. The molecular formula is C40H61N7O4S2Si2. The molecule has 2 bridgehead atoms. The van der Waals surface area contributed by atoms with E-state index in [4.69, 9.17) is 29.3 Å². The van der Waals surface area contributed by atoms with Gasteiger partial charge in [0.25, 0.3) is 0 Å². The quantitative estimate of drug-likeness (QED) is 0.0498. The minimum atomic E-state index is -1.29. The Kier molecular flexibility index (Phi) is 12.9. The van der Waals surface area contributed by atoms with Crippen LogP contribution in [-0.2, 0) is 14.2 Å². The average molecular weight is 824 g/mol. The number of aromatic nitrogens is 5. The number of nitrogens with zero attached hydrogens (tertiary/aromatic N) is 7. The third kappa shape index (κ3) is 10.4. The van der Waals surface area contributed by atoms with Crippen molar-refractivity contribution in [3.8, 4) is 21.8 Å². The van der Waals surface area contributed by atoms with E-state index in [1.165, 1.54) is 0 Å². The zero-order chi connectivity index (χ0) is 39.7. The van der Waals surface area contributed by atoms with Gasteiger partial charge < -0.3 is 24.0 Å². The summed E-state index contributed by atoms with van der Waals surface area (Å²) in [5.41, 5.74) is 3.99. The number of carbonyl (C=O) groups is 1. The summed E-state index contributed by atoms with van der Waals surface area (Å²) >= 11 is 3.34. The maximum absolute atomic E-state index is 13.4. The highest BCUT2D eigenvalue weighted by Gasteiger charge is 2.46. The number of amides is 1. The van der Waals surface area contributed by atoms with Crippen LogP contribution in [0, 0.1) is 6.92 Å². The molecule has 0 aromatic carbocycles. The first-order valence-corrected chi connectivity index (χ1v) is 29.1. The van der Waals surface area contributed by atoms with Crippen molar-refractivity contribution in [1.29, 1.82) is 0 Å². The molecule has 6 rings (SSSR count). The Hall–Kier alpha value is -2.83. The van der Waals surface area contributed by atoms with Gasteiger partial charge in [-0.2, -0.15) is 9.61 Å². The first-order chi connectivity index (χ1) is 25.9. The Morgan fingerprint density at radius 3 is 2.09 bits per heavy atom. The van der Waals surface area contributed by atoms with Gasteiger partial charge in [0.1, 0.15) is 24.1 Å². The van der Waals surface area contributed by atoms with Crippen LogP contribution in [0.4, 0.5) is 10.6 Å². The number of piperidine rings is 1. The van der Waals surface area contributed by atoms with Crippen LogP contribution in [0.2, 0.25) is 51.4 Å². The summed E-state index contributed by atoms with van der Waals surface area (Å²) in [4.78, 5) is 34.8. The van der Waals surface area contributed by atoms with Gasteiger partial charge in [0, 0.05) is 75.8 Å². The topological polar surface area (TPSA) is 107 Å². The monoisotopic (exact) mass is 823 g/mol. The van der Waals surface area contributed by atoms with E-state index in [0.717, 1.165) is 86.5 Å². The first kappa shape index (κ1) is 41.8. The molecule has 11 nitrogen and oxygen atoms in total. The largest absolute Gasteiger partial charge is 0.444 e. The highest BCUT2D eigenvalue weighted by Crippen LogP contribution is 2.47. The molecule has 0 saturated carbocycles. The van der Waals surface area contributed by atoms with Crippen molar-refractivity contribution in [1.82, 2.24) is 29.5 Å². The number of rotatable bonds is 15. The summed E-state index contributed by atoms with van der Waals surface area (Å²) in [6.45, 7) is 24.3. The molecule has 3 atom stereocenters. The molecule has 4 aromatic heterocycles. The highest BCUT2D eigenvalue weighted by molar-refractivity contribution is 7.98. The Balaban J connectivity index is 1.42. The lowest BCUT2D eigenvalue weighted by Crippen LogP contribution is -2.48. The Morgan fingerprint density at radius 2 is 1.58 bits per heavy atom. The molecule has 2 fully saturated rings. The summed E-state index contributed by atoms with van der Waals surface area (Å²) < 4.78 is 20.8. The van der Waals surface area contributed by atoms with Gasteiger partial charge in [0.05, 0.1) is 22.5 Å². The number of thioether (sulfide) groups is 1. The number of thiazole rings is 1. The summed E-state index contributed by atoms with van der Waals surface area (Å²) in [6.07, 6.45) is 11.2. The van der Waals surface area contributed by atoms with Gasteiger partial charge in [-0.1, -0.05) is 45.3 Å². The minimum Gasteiger partial charge on any atom is -0.444 e. The van der Waals surface area contributed by atoms with Gasteiger partial charge in [-0.15, -0.1) is 23.1 Å². The van der Waals surface area contributed by atoms with E-state index >= 15 is 0 Å². The maximum Gasteiger partial charge on any atom is 0.410 e. The number of hydrogen-bond acceptors (Lipinski definition) is 11. The zero-order valence-electron chi connectivity index (χ0n) is 34.8. The fourth-order valence-electron chi connectivity index (χ4n) is 7.37. The first-order valence-electron chi connectivity index (χ1n) is 19.7. The van der Waals surface area contributed by atoms with Crippen LogP contribution in [0.5, 0.6) is 0 Å². The van der Waals surface area contributed by atoms with Crippen molar-refractivity contribution >= 4 is 56.8 Å². The number of anilines is 1. The normalized spacial score (nSPS) is 19.0. The third-order valence-electron chi connectivity index (χ3n) is 10.2. The molecule has 2 saturated heterocycles. The van der Waals surface area contributed by atoms with Crippen LogP contribution in [0.1, 0.15) is 62.9 Å². The lowest BCUT2D eigenvalue weighted by atomic mass is 9.88. The second-order valence-electron chi connectivity index (χ2n) is 18.5. The SMILES string of the molecule is CSc1c(C2C[C@H]3CC[C@@H](C2)N3C(=O)OC(C)(C)C)nc2c(-c3ccc(-c4ncc(C)s4)nc3)cnn2c1N(COCC[Si](C)(C)C)COCC[Si](C)(C)C. The van der Waals surface area contributed by atoms with Gasteiger partial charge >= 0.3 is 6.09 Å². The molecule has 0 spiro atoms. The van der Waals surface area contributed by atoms with E-state index in [1.54, 1.807) is 23.1 Å². The molecule has 2 aliphatic heterocycles. The molecule has 2 aliphatic rings. The number of aryl methyl sites for hydroxylation is 1. The van der Waals surface area contributed by atoms with Crippen molar-refractivity contribution in [3.63, 3.8) is 0 Å². The minimum absolute atomic E-state index is 0.108. The van der Waals surface area contributed by atoms with Crippen molar-refractivity contribution in [2.45, 2.75) is 133 Å². The predicted octanol–water partition coefficient (Wildman–Crippen LogP) is 10.0. The van der Waals surface area contributed by atoms with Crippen LogP contribution >= 0.6 is 23.1 Å². The van der Waals surface area contributed by atoms with Crippen molar-refractivity contribution in [2.24, 2.45) is 0 Å². The molecular weight excluding hydrogens is 763 g/mol. The van der Waals surface area contributed by atoms with E-state index in [0.29, 0.717) is 26.7 Å². The van der Waals surface area contributed by atoms with Crippen LogP contribution in [0.3, 0.4) is 0 Å². The van der Waals surface area contributed by atoms with Crippen LogP contribution in [0.15, 0.2) is 35.6 Å². The average Bonchev–Trinajstić information content (AvgIpc) is 3.80. The number of pyridine rings is 1. The zero-order valence-corrected chi connectivity index (χ0v) is 38.4. The van der Waals surface area contributed by atoms with E-state index < -0.39 is 21.7 Å². The third-order valence-corrected chi connectivity index (χ3v) is 15.4. The predicted molar refractivity (Wildman–Crippen MR) is 231 cm³/mol. The maximum atomic E-state index is 13.4. The molecule has 0 aliphatic carbocycles. The van der Waals surface area contributed by atoms with Gasteiger partial charge in [-0.3, -0.25) is 4.98 Å². The fraction of sp³-hybridized carbons (Fsp3) is 0.625. The molecule has 4 aromatic rings. The van der Waals surface area contributed by atoms with Gasteiger partial charge in [-0.25, -0.2) is 14.8 Å². The molecule has 15 heteroatoms. The lowest BCUT2D eigenvalue weighted by Gasteiger charge is -2.40. The fourth-order valence-corrected chi connectivity index (χ4v) is 10.4. The standard InChI is InChI=1S/C40H61N7O4S2Si2/c1-27-22-42-37(53-27)33-15-12-28(23-41-33)32-24-43-47-36(32)44-34(29-20-30-13-14-31(21-29)46(30)39(48)51-40(2,3)4)35(52-5)38(47)45(25-49-16-18-54(6,7)8)26-50-17-19-55(9,10)11/h12,15,22-24,29-31H,13-14,16-21,25-26H2,1-11H3/t29?,30-,31+. The number of hydrogen-bond donors (Lipinski definition) is 0. The molecule has 55 heavy (non-hydrogen) atoms. The summed E-state index contributed by atoms with van der Waals surface area (Å²) in [5, 5.41) is 5.94. The molecule has 0 N–H and O–H groups in total. The number of fused-ring (bicyclic) bond motifs is 3. The van der Waals surface area contributed by atoms with E-state index in [1.807, 2.05) is 54.8 Å². The number of carbonyl (C=O) groups excluding carboxylic acids is 1. The molecule has 1 amide bonds. The van der Waals surface area contributed by atoms with Crippen molar-refractivity contribution in [3.05, 3.63) is 41.3 Å². The molecule has 0 radical (unpaired) electrons. The van der Waals surface area contributed by atoms with Gasteiger partial charge in [0.15, 0.2) is 11.5 Å². The number of ether oxygens (including phenoxy) is 3. The highest BCUT2D eigenvalue weighted by atomic mass is 32.2. The molecule has 1 unspecified atom stereocenters. The van der Waals surface area contributed by atoms with E-state index in [-0.39, 0.29) is 24.1 Å². The van der Waals surface area contributed by atoms with Crippen molar-refractivity contribution in [2.75, 3.05) is 37.8 Å². The Labute approximate surface area is 338 Å². The van der Waals surface area contributed by atoms with E-state index in [2.05, 4.69) is 68.4 Å². The molecule has 6 heterocycles. The second-order valence-corrected chi connectivity index (χ2v) is 31.8. The lowest BCUT2D eigenvalue weighted by molar-refractivity contribution is 0.00559.